The minimum atomic E-state index is -0.311. The van der Waals surface area contributed by atoms with Crippen LogP contribution in [0.4, 0.5) is 0 Å². The SMILES string of the molecule is CCCCCCc1ccc(/C(C)=N\NC(=O)c2cc(C(C)(C)C)[nH]n2)cc1. The zero-order valence-corrected chi connectivity index (χ0v) is 17.2. The predicted octanol–water partition coefficient (Wildman–Crippen LogP) is 4.98. The summed E-state index contributed by atoms with van der Waals surface area (Å²) in [7, 11) is 0. The minimum absolute atomic E-state index is 0.0804. The zero-order chi connectivity index (χ0) is 19.9. The summed E-state index contributed by atoms with van der Waals surface area (Å²) >= 11 is 0. The van der Waals surface area contributed by atoms with Crippen molar-refractivity contribution in [2.45, 2.75) is 72.1 Å². The number of amides is 1. The van der Waals surface area contributed by atoms with E-state index in [0.717, 1.165) is 23.4 Å². The Morgan fingerprint density at radius 3 is 2.44 bits per heavy atom. The molecule has 5 heteroatoms. The number of hydrazone groups is 1. The first-order chi connectivity index (χ1) is 12.8. The molecule has 1 amide bonds. The number of H-pyrrole nitrogens is 1. The maximum Gasteiger partial charge on any atom is 0.291 e. The Balaban J connectivity index is 1.92. The lowest BCUT2D eigenvalue weighted by Crippen LogP contribution is -2.19. The molecule has 0 bridgehead atoms. The van der Waals surface area contributed by atoms with Gasteiger partial charge in [-0.15, -0.1) is 0 Å². The fourth-order valence-electron chi connectivity index (χ4n) is 2.75. The van der Waals surface area contributed by atoms with E-state index in [4.69, 9.17) is 0 Å². The highest BCUT2D eigenvalue weighted by molar-refractivity contribution is 6.00. The van der Waals surface area contributed by atoms with Gasteiger partial charge < -0.3 is 0 Å². The molecule has 146 valence electrons. The van der Waals surface area contributed by atoms with Crippen LogP contribution in [-0.4, -0.2) is 21.8 Å². The van der Waals surface area contributed by atoms with Crippen molar-refractivity contribution in [1.29, 1.82) is 0 Å². The van der Waals surface area contributed by atoms with Gasteiger partial charge >= 0.3 is 0 Å². The van der Waals surface area contributed by atoms with Crippen LogP contribution in [0, 0.1) is 0 Å². The fourth-order valence-corrected chi connectivity index (χ4v) is 2.75. The van der Waals surface area contributed by atoms with Gasteiger partial charge in [0.15, 0.2) is 5.69 Å². The molecule has 1 aromatic heterocycles. The van der Waals surface area contributed by atoms with Crippen molar-refractivity contribution in [2.75, 3.05) is 0 Å². The summed E-state index contributed by atoms with van der Waals surface area (Å²) in [5, 5.41) is 11.2. The maximum absolute atomic E-state index is 12.2. The van der Waals surface area contributed by atoms with Crippen LogP contribution in [0.2, 0.25) is 0 Å². The average molecular weight is 369 g/mol. The Hall–Kier alpha value is -2.43. The first kappa shape index (κ1) is 20.9. The first-order valence-electron chi connectivity index (χ1n) is 9.81. The highest BCUT2D eigenvalue weighted by Gasteiger charge is 2.19. The maximum atomic E-state index is 12.2. The van der Waals surface area contributed by atoms with Crippen molar-refractivity contribution in [3.05, 3.63) is 52.8 Å². The molecule has 0 unspecified atom stereocenters. The van der Waals surface area contributed by atoms with Crippen LogP contribution in [0.5, 0.6) is 0 Å². The van der Waals surface area contributed by atoms with Gasteiger partial charge in [0.2, 0.25) is 0 Å². The first-order valence-corrected chi connectivity index (χ1v) is 9.81. The third-order valence-corrected chi connectivity index (χ3v) is 4.63. The number of carbonyl (C=O) groups is 1. The largest absolute Gasteiger partial charge is 0.291 e. The van der Waals surface area contributed by atoms with E-state index in [2.05, 4.69) is 72.7 Å². The number of rotatable bonds is 8. The van der Waals surface area contributed by atoms with E-state index < -0.39 is 0 Å². The molecular weight excluding hydrogens is 336 g/mol. The Labute approximate surface area is 162 Å². The second-order valence-corrected chi connectivity index (χ2v) is 8.06. The number of unbranched alkanes of at least 4 members (excludes halogenated alkanes) is 3. The van der Waals surface area contributed by atoms with Gasteiger partial charge in [0, 0.05) is 11.1 Å². The van der Waals surface area contributed by atoms with Crippen LogP contribution in [-0.2, 0) is 11.8 Å². The van der Waals surface area contributed by atoms with Crippen LogP contribution in [0.15, 0.2) is 35.4 Å². The Morgan fingerprint density at radius 2 is 1.85 bits per heavy atom. The van der Waals surface area contributed by atoms with E-state index in [1.165, 1.54) is 31.2 Å². The molecule has 0 spiro atoms. The molecule has 2 rings (SSSR count). The standard InChI is InChI=1S/C22H32N4O/c1-6-7-8-9-10-17-11-13-18(14-12-17)16(2)23-26-21(27)19-15-20(25-24-19)22(3,4)5/h11-15H,6-10H2,1-5H3,(H,24,25)(H,26,27)/b23-16-. The smallest absolute Gasteiger partial charge is 0.281 e. The molecule has 2 aromatic rings. The summed E-state index contributed by atoms with van der Waals surface area (Å²) in [4.78, 5) is 12.2. The normalized spacial score (nSPS) is 12.3. The van der Waals surface area contributed by atoms with Crippen molar-refractivity contribution in [2.24, 2.45) is 5.10 Å². The highest BCUT2D eigenvalue weighted by atomic mass is 16.2. The molecule has 0 atom stereocenters. The second kappa shape index (κ2) is 9.49. The molecule has 0 saturated heterocycles. The molecule has 0 aliphatic carbocycles. The molecule has 5 nitrogen and oxygen atoms in total. The molecule has 0 aliphatic heterocycles. The third-order valence-electron chi connectivity index (χ3n) is 4.63. The zero-order valence-electron chi connectivity index (χ0n) is 17.2. The van der Waals surface area contributed by atoms with E-state index in [9.17, 15) is 4.79 Å². The molecule has 2 N–H and O–H groups in total. The van der Waals surface area contributed by atoms with Gasteiger partial charge in [-0.2, -0.15) is 10.2 Å². The van der Waals surface area contributed by atoms with Crippen molar-refractivity contribution < 1.29 is 4.79 Å². The number of nitrogens with one attached hydrogen (secondary N) is 2. The molecule has 0 fully saturated rings. The lowest BCUT2D eigenvalue weighted by atomic mass is 9.92. The summed E-state index contributed by atoms with van der Waals surface area (Å²) in [5.41, 5.74) is 6.90. The molecule has 0 saturated carbocycles. The average Bonchev–Trinajstić information content (AvgIpc) is 3.14. The summed E-state index contributed by atoms with van der Waals surface area (Å²) in [6, 6.07) is 10.2. The number of carbonyl (C=O) groups excluding carboxylic acids is 1. The number of hydrogen-bond acceptors (Lipinski definition) is 3. The van der Waals surface area contributed by atoms with Crippen molar-refractivity contribution >= 4 is 11.6 Å². The van der Waals surface area contributed by atoms with Crippen LogP contribution in [0.25, 0.3) is 0 Å². The van der Waals surface area contributed by atoms with E-state index in [1.54, 1.807) is 6.07 Å². The molecule has 27 heavy (non-hydrogen) atoms. The van der Waals surface area contributed by atoms with Crippen molar-refractivity contribution in [1.82, 2.24) is 15.6 Å². The van der Waals surface area contributed by atoms with Gasteiger partial charge in [0.1, 0.15) is 0 Å². The van der Waals surface area contributed by atoms with Crippen molar-refractivity contribution in [3.63, 3.8) is 0 Å². The summed E-state index contributed by atoms with van der Waals surface area (Å²) in [6.45, 7) is 10.3. The number of aromatic nitrogens is 2. The summed E-state index contributed by atoms with van der Waals surface area (Å²) in [5.74, 6) is -0.311. The molecule has 0 aliphatic rings. The number of hydrogen-bond donors (Lipinski definition) is 2. The fraction of sp³-hybridized carbons (Fsp3) is 0.500. The molecular formula is C22H32N4O. The number of nitrogens with zero attached hydrogens (tertiary/aromatic N) is 2. The van der Waals surface area contributed by atoms with E-state index >= 15 is 0 Å². The van der Waals surface area contributed by atoms with Gasteiger partial charge in [0.05, 0.1) is 5.71 Å². The molecule has 1 heterocycles. The quantitative estimate of drug-likeness (QED) is 0.392. The van der Waals surface area contributed by atoms with Crippen molar-refractivity contribution in [3.8, 4) is 0 Å². The van der Waals surface area contributed by atoms with Crippen LogP contribution in [0.3, 0.4) is 0 Å². The number of aryl methyl sites for hydroxylation is 1. The Bertz CT molecular complexity index is 766. The molecule has 0 radical (unpaired) electrons. The topological polar surface area (TPSA) is 70.1 Å². The van der Waals surface area contributed by atoms with Gasteiger partial charge in [0.25, 0.3) is 5.91 Å². The van der Waals surface area contributed by atoms with Gasteiger partial charge in [-0.25, -0.2) is 5.43 Å². The molecule has 1 aromatic carbocycles. The van der Waals surface area contributed by atoms with Gasteiger partial charge in [-0.05, 0) is 37.0 Å². The number of aromatic amines is 1. The lowest BCUT2D eigenvalue weighted by molar-refractivity contribution is 0.0950. The third kappa shape index (κ3) is 6.35. The summed E-state index contributed by atoms with van der Waals surface area (Å²) < 4.78 is 0. The van der Waals surface area contributed by atoms with E-state index in [0.29, 0.717) is 5.69 Å². The van der Waals surface area contributed by atoms with Gasteiger partial charge in [-0.1, -0.05) is 71.2 Å². The van der Waals surface area contributed by atoms with E-state index in [-0.39, 0.29) is 11.3 Å². The minimum Gasteiger partial charge on any atom is -0.281 e. The monoisotopic (exact) mass is 368 g/mol. The van der Waals surface area contributed by atoms with Crippen LogP contribution in [0.1, 0.15) is 87.6 Å². The van der Waals surface area contributed by atoms with E-state index in [1.807, 2.05) is 6.92 Å². The van der Waals surface area contributed by atoms with Crippen LogP contribution >= 0.6 is 0 Å². The van der Waals surface area contributed by atoms with Gasteiger partial charge in [-0.3, -0.25) is 9.89 Å². The Morgan fingerprint density at radius 1 is 1.15 bits per heavy atom. The number of benzene rings is 1. The lowest BCUT2D eigenvalue weighted by Gasteiger charge is -2.14. The second-order valence-electron chi connectivity index (χ2n) is 8.06. The predicted molar refractivity (Wildman–Crippen MR) is 111 cm³/mol. The van der Waals surface area contributed by atoms with Crippen LogP contribution < -0.4 is 5.43 Å². The Kier molecular flexibility index (Phi) is 7.34. The highest BCUT2D eigenvalue weighted by Crippen LogP contribution is 2.20. The summed E-state index contributed by atoms with van der Waals surface area (Å²) in [6.07, 6.45) is 6.20.